The highest BCUT2D eigenvalue weighted by Crippen LogP contribution is 2.26. The fourth-order valence-corrected chi connectivity index (χ4v) is 4.40. The summed E-state index contributed by atoms with van der Waals surface area (Å²) in [5.74, 6) is 1.53. The van der Waals surface area contributed by atoms with Crippen molar-refractivity contribution < 1.29 is 4.79 Å². The average Bonchev–Trinajstić information content (AvgIpc) is 3.07. The number of hydrogen-bond donors (Lipinski definition) is 2. The van der Waals surface area contributed by atoms with E-state index < -0.39 is 0 Å². The van der Waals surface area contributed by atoms with Crippen molar-refractivity contribution in [2.45, 2.75) is 65.3 Å². The van der Waals surface area contributed by atoms with Crippen molar-refractivity contribution in [3.8, 4) is 0 Å². The van der Waals surface area contributed by atoms with Gasteiger partial charge in [-0.05, 0) is 45.7 Å². The average molecular weight is 380 g/mol. The molecule has 1 atom stereocenters. The molecule has 0 radical (unpaired) electrons. The Kier molecular flexibility index (Phi) is 8.39. The maximum atomic E-state index is 12.8. The van der Waals surface area contributed by atoms with Crippen molar-refractivity contribution in [1.82, 2.24) is 20.4 Å². The van der Waals surface area contributed by atoms with Crippen molar-refractivity contribution in [3.63, 3.8) is 0 Å². The molecular weight excluding hydrogens is 338 g/mol. The largest absolute Gasteiger partial charge is 0.357 e. The number of nitrogens with one attached hydrogen (secondary N) is 2. The van der Waals surface area contributed by atoms with Gasteiger partial charge in [0, 0.05) is 44.7 Å². The number of carbonyl (C=O) groups is 1. The Bertz CT molecular complexity index is 497. The summed E-state index contributed by atoms with van der Waals surface area (Å²) >= 11 is 0. The van der Waals surface area contributed by atoms with Crippen LogP contribution in [0.4, 0.5) is 0 Å². The lowest BCUT2D eigenvalue weighted by atomic mass is 9.88. The Morgan fingerprint density at radius 1 is 1.19 bits per heavy atom. The van der Waals surface area contributed by atoms with Gasteiger partial charge in [-0.2, -0.15) is 0 Å². The first-order chi connectivity index (χ1) is 12.8. The van der Waals surface area contributed by atoms with E-state index in [1.165, 1.54) is 19.3 Å². The van der Waals surface area contributed by atoms with Crippen LogP contribution in [0, 0.1) is 11.3 Å². The van der Waals surface area contributed by atoms with Gasteiger partial charge in [-0.1, -0.05) is 33.1 Å². The van der Waals surface area contributed by atoms with Crippen molar-refractivity contribution in [2.75, 3.05) is 46.8 Å². The Morgan fingerprint density at radius 2 is 1.89 bits per heavy atom. The van der Waals surface area contributed by atoms with Crippen LogP contribution in [-0.4, -0.2) is 74.5 Å². The summed E-state index contributed by atoms with van der Waals surface area (Å²) in [5.41, 5.74) is 0.129. The second kappa shape index (κ2) is 10.3. The van der Waals surface area contributed by atoms with E-state index in [1.807, 2.05) is 0 Å². The van der Waals surface area contributed by atoms with Crippen LogP contribution in [0.15, 0.2) is 4.99 Å². The van der Waals surface area contributed by atoms with Crippen LogP contribution in [0.5, 0.6) is 0 Å². The molecule has 1 heterocycles. The minimum Gasteiger partial charge on any atom is -0.357 e. The normalized spacial score (nSPS) is 22.4. The van der Waals surface area contributed by atoms with E-state index in [1.54, 1.807) is 0 Å². The SMILES string of the molecule is CCNC(=NCC(C)(C)CN(C)C)NC1CCN(C(=O)C2CCCCC2)C1. The molecule has 6 nitrogen and oxygen atoms in total. The lowest BCUT2D eigenvalue weighted by Crippen LogP contribution is -2.46. The number of hydrogen-bond acceptors (Lipinski definition) is 3. The van der Waals surface area contributed by atoms with Gasteiger partial charge in [-0.25, -0.2) is 0 Å². The molecule has 1 amide bonds. The molecule has 2 rings (SSSR count). The van der Waals surface area contributed by atoms with E-state index in [2.05, 4.69) is 55.3 Å². The molecule has 2 N–H and O–H groups in total. The van der Waals surface area contributed by atoms with Crippen molar-refractivity contribution in [1.29, 1.82) is 0 Å². The monoisotopic (exact) mass is 379 g/mol. The molecule has 6 heteroatoms. The Hall–Kier alpha value is -1.30. The molecule has 1 unspecified atom stereocenters. The Labute approximate surface area is 166 Å². The van der Waals surface area contributed by atoms with Gasteiger partial charge in [0.15, 0.2) is 5.96 Å². The van der Waals surface area contributed by atoms with E-state index in [9.17, 15) is 4.79 Å². The van der Waals surface area contributed by atoms with Gasteiger partial charge < -0.3 is 20.4 Å². The second-order valence-electron chi connectivity index (χ2n) is 9.35. The molecule has 1 saturated heterocycles. The van der Waals surface area contributed by atoms with E-state index >= 15 is 0 Å². The van der Waals surface area contributed by atoms with Gasteiger partial charge in [0.05, 0.1) is 0 Å². The second-order valence-corrected chi connectivity index (χ2v) is 9.35. The molecule has 0 aromatic rings. The molecule has 0 aromatic carbocycles. The molecule has 0 aromatic heterocycles. The van der Waals surface area contributed by atoms with E-state index in [0.717, 1.165) is 57.9 Å². The van der Waals surface area contributed by atoms with Crippen LogP contribution < -0.4 is 10.6 Å². The number of aliphatic imine (C=N–C) groups is 1. The van der Waals surface area contributed by atoms with Crippen LogP contribution in [0.25, 0.3) is 0 Å². The molecule has 1 aliphatic heterocycles. The highest BCUT2D eigenvalue weighted by molar-refractivity contribution is 5.81. The van der Waals surface area contributed by atoms with Gasteiger partial charge in [0.1, 0.15) is 0 Å². The van der Waals surface area contributed by atoms with E-state index in [0.29, 0.717) is 11.9 Å². The first kappa shape index (κ1) is 22.0. The summed E-state index contributed by atoms with van der Waals surface area (Å²) in [6, 6.07) is 0.298. The minimum absolute atomic E-state index is 0.129. The van der Waals surface area contributed by atoms with Crippen LogP contribution in [-0.2, 0) is 4.79 Å². The van der Waals surface area contributed by atoms with Crippen LogP contribution in [0.2, 0.25) is 0 Å². The summed E-state index contributed by atoms with van der Waals surface area (Å²) in [4.78, 5) is 21.9. The molecule has 27 heavy (non-hydrogen) atoms. The number of likely N-dealkylation sites (tertiary alicyclic amines) is 1. The summed E-state index contributed by atoms with van der Waals surface area (Å²) in [7, 11) is 4.21. The lowest BCUT2D eigenvalue weighted by molar-refractivity contribution is -0.135. The Morgan fingerprint density at radius 3 is 2.52 bits per heavy atom. The van der Waals surface area contributed by atoms with Gasteiger partial charge in [-0.15, -0.1) is 0 Å². The van der Waals surface area contributed by atoms with Gasteiger partial charge in [0.25, 0.3) is 0 Å². The molecule has 1 saturated carbocycles. The fraction of sp³-hybridized carbons (Fsp3) is 0.905. The van der Waals surface area contributed by atoms with Crippen molar-refractivity contribution in [3.05, 3.63) is 0 Å². The van der Waals surface area contributed by atoms with Crippen molar-refractivity contribution >= 4 is 11.9 Å². The first-order valence-electron chi connectivity index (χ1n) is 10.8. The number of amides is 1. The fourth-order valence-electron chi connectivity index (χ4n) is 4.40. The van der Waals surface area contributed by atoms with Crippen LogP contribution in [0.1, 0.15) is 59.3 Å². The van der Waals surface area contributed by atoms with E-state index in [-0.39, 0.29) is 11.3 Å². The number of rotatable bonds is 7. The standard InChI is InChI=1S/C21H41N5O/c1-6-22-20(23-15-21(2,3)16-25(4)5)24-18-12-13-26(14-18)19(27)17-10-8-7-9-11-17/h17-18H,6-16H2,1-5H3,(H2,22,23,24). The zero-order chi connectivity index (χ0) is 19.9. The third-order valence-corrected chi connectivity index (χ3v) is 5.55. The van der Waals surface area contributed by atoms with Gasteiger partial charge in [-0.3, -0.25) is 9.79 Å². The third-order valence-electron chi connectivity index (χ3n) is 5.55. The first-order valence-corrected chi connectivity index (χ1v) is 10.8. The lowest BCUT2D eigenvalue weighted by Gasteiger charge is -2.27. The molecule has 2 aliphatic rings. The predicted molar refractivity (Wildman–Crippen MR) is 113 cm³/mol. The third kappa shape index (κ3) is 7.32. The van der Waals surface area contributed by atoms with Crippen LogP contribution >= 0.6 is 0 Å². The smallest absolute Gasteiger partial charge is 0.225 e. The topological polar surface area (TPSA) is 60.0 Å². The van der Waals surface area contributed by atoms with E-state index in [4.69, 9.17) is 4.99 Å². The maximum absolute atomic E-state index is 12.8. The van der Waals surface area contributed by atoms with Crippen LogP contribution in [0.3, 0.4) is 0 Å². The number of carbonyl (C=O) groups excluding carboxylic acids is 1. The molecular formula is C21H41N5O. The van der Waals surface area contributed by atoms with Gasteiger partial charge >= 0.3 is 0 Å². The molecule has 2 fully saturated rings. The zero-order valence-electron chi connectivity index (χ0n) is 18.2. The van der Waals surface area contributed by atoms with Crippen molar-refractivity contribution in [2.24, 2.45) is 16.3 Å². The molecule has 1 aliphatic carbocycles. The summed E-state index contributed by atoms with van der Waals surface area (Å²) in [5, 5.41) is 6.93. The highest BCUT2D eigenvalue weighted by atomic mass is 16.2. The number of guanidine groups is 1. The molecule has 0 bridgehead atoms. The molecule has 0 spiro atoms. The van der Waals surface area contributed by atoms with Gasteiger partial charge in [0.2, 0.25) is 5.91 Å². The quantitative estimate of drug-likeness (QED) is 0.526. The highest BCUT2D eigenvalue weighted by Gasteiger charge is 2.31. The predicted octanol–water partition coefficient (Wildman–Crippen LogP) is 2.31. The summed E-state index contributed by atoms with van der Waals surface area (Å²) in [6.07, 6.45) is 6.89. The number of nitrogens with zero attached hydrogens (tertiary/aromatic N) is 3. The summed E-state index contributed by atoms with van der Waals surface area (Å²) < 4.78 is 0. The summed E-state index contributed by atoms with van der Waals surface area (Å²) in [6.45, 7) is 10.9. The zero-order valence-corrected chi connectivity index (χ0v) is 18.2. The Balaban J connectivity index is 1.87. The molecule has 156 valence electrons. The minimum atomic E-state index is 0.129. The maximum Gasteiger partial charge on any atom is 0.225 e.